The molecule has 0 amide bonds. The zero-order valence-electron chi connectivity index (χ0n) is 11.3. The second kappa shape index (κ2) is 5.63. The van der Waals surface area contributed by atoms with Crippen molar-refractivity contribution in [1.29, 1.82) is 0 Å². The van der Waals surface area contributed by atoms with Gasteiger partial charge in [-0.3, -0.25) is 4.98 Å². The molecule has 0 radical (unpaired) electrons. The number of ether oxygens (including phenoxy) is 1. The summed E-state index contributed by atoms with van der Waals surface area (Å²) in [5, 5.41) is 1.02. The minimum Gasteiger partial charge on any atom is -0.457 e. The van der Waals surface area contributed by atoms with Gasteiger partial charge in [0, 0.05) is 17.3 Å². The van der Waals surface area contributed by atoms with Gasteiger partial charge in [-0.25, -0.2) is 4.79 Å². The third-order valence-corrected chi connectivity index (χ3v) is 3.22. The second-order valence-corrected chi connectivity index (χ2v) is 4.69. The van der Waals surface area contributed by atoms with Gasteiger partial charge in [0.25, 0.3) is 0 Å². The lowest BCUT2D eigenvalue weighted by atomic mass is 10.1. The molecule has 1 aromatic heterocycles. The zero-order valence-corrected chi connectivity index (χ0v) is 11.3. The number of aromatic nitrogens is 1. The van der Waals surface area contributed by atoms with Crippen LogP contribution in [0.15, 0.2) is 60.8 Å². The molecule has 0 fully saturated rings. The number of carbonyl (C=O) groups is 1. The van der Waals surface area contributed by atoms with Crippen molar-refractivity contribution in [1.82, 2.24) is 4.98 Å². The highest BCUT2D eigenvalue weighted by Gasteiger charge is 2.10. The SMILES string of the molecule is Nc1ccccc1C(=O)OCc1ccc2ncccc2c1. The van der Waals surface area contributed by atoms with Gasteiger partial charge >= 0.3 is 5.97 Å². The molecular formula is C17H14N2O2. The molecule has 0 spiro atoms. The van der Waals surface area contributed by atoms with E-state index < -0.39 is 5.97 Å². The van der Waals surface area contributed by atoms with Crippen molar-refractivity contribution in [3.63, 3.8) is 0 Å². The van der Waals surface area contributed by atoms with Crippen LogP contribution in [0.1, 0.15) is 15.9 Å². The molecule has 2 aromatic carbocycles. The quantitative estimate of drug-likeness (QED) is 0.590. The molecule has 0 unspecified atom stereocenters. The smallest absolute Gasteiger partial charge is 0.340 e. The number of benzene rings is 2. The van der Waals surface area contributed by atoms with E-state index in [0.29, 0.717) is 11.3 Å². The summed E-state index contributed by atoms with van der Waals surface area (Å²) in [4.78, 5) is 16.2. The summed E-state index contributed by atoms with van der Waals surface area (Å²) in [6.45, 7) is 0.206. The average molecular weight is 278 g/mol. The highest BCUT2D eigenvalue weighted by molar-refractivity contribution is 5.95. The maximum Gasteiger partial charge on any atom is 0.340 e. The number of carbonyl (C=O) groups excluding carboxylic acids is 1. The molecule has 0 saturated heterocycles. The number of hydrogen-bond donors (Lipinski definition) is 1. The molecule has 0 bridgehead atoms. The van der Waals surface area contributed by atoms with Gasteiger partial charge in [-0.1, -0.05) is 24.3 Å². The monoisotopic (exact) mass is 278 g/mol. The molecule has 3 rings (SSSR count). The standard InChI is InChI=1S/C17H14N2O2/c18-15-6-2-1-5-14(15)17(20)21-11-12-7-8-16-13(10-12)4-3-9-19-16/h1-10H,11,18H2. The van der Waals surface area contributed by atoms with Crippen LogP contribution in [0, 0.1) is 0 Å². The third kappa shape index (κ3) is 2.84. The first kappa shape index (κ1) is 13.1. The fourth-order valence-corrected chi connectivity index (χ4v) is 2.12. The molecule has 0 aliphatic heterocycles. The number of rotatable bonds is 3. The number of fused-ring (bicyclic) bond motifs is 1. The Bertz CT molecular complexity index is 799. The van der Waals surface area contributed by atoms with Crippen molar-refractivity contribution in [2.75, 3.05) is 5.73 Å². The molecule has 4 nitrogen and oxygen atoms in total. The van der Waals surface area contributed by atoms with E-state index in [1.54, 1.807) is 30.5 Å². The lowest BCUT2D eigenvalue weighted by Crippen LogP contribution is -2.08. The van der Waals surface area contributed by atoms with Crippen molar-refractivity contribution >= 4 is 22.6 Å². The van der Waals surface area contributed by atoms with Crippen LogP contribution in [-0.4, -0.2) is 11.0 Å². The normalized spacial score (nSPS) is 10.5. The van der Waals surface area contributed by atoms with Crippen LogP contribution in [0.2, 0.25) is 0 Å². The van der Waals surface area contributed by atoms with Gasteiger partial charge < -0.3 is 10.5 Å². The molecule has 0 aliphatic carbocycles. The Hall–Kier alpha value is -2.88. The fraction of sp³-hybridized carbons (Fsp3) is 0.0588. The molecule has 21 heavy (non-hydrogen) atoms. The number of nitrogen functional groups attached to an aromatic ring is 1. The van der Waals surface area contributed by atoms with Crippen LogP contribution in [0.4, 0.5) is 5.69 Å². The summed E-state index contributed by atoms with van der Waals surface area (Å²) < 4.78 is 5.30. The van der Waals surface area contributed by atoms with Crippen molar-refractivity contribution in [2.45, 2.75) is 6.61 Å². The van der Waals surface area contributed by atoms with Crippen LogP contribution in [0.25, 0.3) is 10.9 Å². The minimum atomic E-state index is -0.417. The van der Waals surface area contributed by atoms with E-state index in [9.17, 15) is 4.79 Å². The van der Waals surface area contributed by atoms with Crippen molar-refractivity contribution in [3.8, 4) is 0 Å². The first-order chi connectivity index (χ1) is 10.2. The van der Waals surface area contributed by atoms with Crippen molar-refractivity contribution in [2.24, 2.45) is 0 Å². The summed E-state index contributed by atoms with van der Waals surface area (Å²) in [6.07, 6.45) is 1.75. The maximum atomic E-state index is 12.0. The van der Waals surface area contributed by atoms with Gasteiger partial charge in [-0.2, -0.15) is 0 Å². The largest absolute Gasteiger partial charge is 0.457 e. The number of pyridine rings is 1. The lowest BCUT2D eigenvalue weighted by molar-refractivity contribution is 0.0474. The van der Waals surface area contributed by atoms with Crippen LogP contribution in [0.5, 0.6) is 0 Å². The molecule has 0 saturated carbocycles. The van der Waals surface area contributed by atoms with Crippen molar-refractivity contribution < 1.29 is 9.53 Å². The Morgan fingerprint density at radius 3 is 2.81 bits per heavy atom. The first-order valence-electron chi connectivity index (χ1n) is 6.59. The number of para-hydroxylation sites is 1. The molecule has 2 N–H and O–H groups in total. The van der Waals surface area contributed by atoms with Gasteiger partial charge in [0.2, 0.25) is 0 Å². The van der Waals surface area contributed by atoms with E-state index >= 15 is 0 Å². The molecule has 1 heterocycles. The molecule has 4 heteroatoms. The van der Waals surface area contributed by atoms with E-state index in [4.69, 9.17) is 10.5 Å². The van der Waals surface area contributed by atoms with Gasteiger partial charge in [0.05, 0.1) is 11.1 Å². The number of anilines is 1. The van der Waals surface area contributed by atoms with Gasteiger partial charge in [-0.05, 0) is 35.9 Å². The summed E-state index contributed by atoms with van der Waals surface area (Å²) in [5.41, 5.74) is 8.40. The lowest BCUT2D eigenvalue weighted by Gasteiger charge is -2.07. The van der Waals surface area contributed by atoms with E-state index in [1.165, 1.54) is 0 Å². The third-order valence-electron chi connectivity index (χ3n) is 3.22. The van der Waals surface area contributed by atoms with Crippen LogP contribution in [-0.2, 0) is 11.3 Å². The summed E-state index contributed by atoms with van der Waals surface area (Å²) >= 11 is 0. The predicted molar refractivity (Wildman–Crippen MR) is 81.7 cm³/mol. The maximum absolute atomic E-state index is 12.0. The van der Waals surface area contributed by atoms with E-state index in [-0.39, 0.29) is 6.61 Å². The van der Waals surface area contributed by atoms with Crippen LogP contribution in [0.3, 0.4) is 0 Å². The molecule has 0 aliphatic rings. The molecular weight excluding hydrogens is 264 g/mol. The van der Waals surface area contributed by atoms with Gasteiger partial charge in [0.1, 0.15) is 6.61 Å². The van der Waals surface area contributed by atoms with Crippen LogP contribution < -0.4 is 5.73 Å². The molecule has 3 aromatic rings. The Morgan fingerprint density at radius 2 is 1.95 bits per heavy atom. The summed E-state index contributed by atoms with van der Waals surface area (Å²) in [5.74, 6) is -0.417. The summed E-state index contributed by atoms with van der Waals surface area (Å²) in [6, 6.07) is 16.5. The highest BCUT2D eigenvalue weighted by Crippen LogP contribution is 2.16. The van der Waals surface area contributed by atoms with Gasteiger partial charge in [0.15, 0.2) is 0 Å². The van der Waals surface area contributed by atoms with Gasteiger partial charge in [-0.15, -0.1) is 0 Å². The number of hydrogen-bond acceptors (Lipinski definition) is 4. The highest BCUT2D eigenvalue weighted by atomic mass is 16.5. The minimum absolute atomic E-state index is 0.206. The number of esters is 1. The second-order valence-electron chi connectivity index (χ2n) is 4.69. The van der Waals surface area contributed by atoms with E-state index in [0.717, 1.165) is 16.5 Å². The Kier molecular flexibility index (Phi) is 3.51. The number of nitrogens with zero attached hydrogens (tertiary/aromatic N) is 1. The first-order valence-corrected chi connectivity index (χ1v) is 6.59. The Morgan fingerprint density at radius 1 is 1.10 bits per heavy atom. The predicted octanol–water partition coefficient (Wildman–Crippen LogP) is 3.17. The Labute approximate surface area is 122 Å². The fourth-order valence-electron chi connectivity index (χ4n) is 2.12. The average Bonchev–Trinajstić information content (AvgIpc) is 2.53. The number of nitrogens with two attached hydrogens (primary N) is 1. The molecule has 0 atom stereocenters. The van der Waals surface area contributed by atoms with E-state index in [2.05, 4.69) is 4.98 Å². The topological polar surface area (TPSA) is 65.2 Å². The Balaban J connectivity index is 1.74. The van der Waals surface area contributed by atoms with Crippen molar-refractivity contribution in [3.05, 3.63) is 71.9 Å². The molecule has 104 valence electrons. The van der Waals surface area contributed by atoms with Crippen LogP contribution >= 0.6 is 0 Å². The zero-order chi connectivity index (χ0) is 14.7. The van der Waals surface area contributed by atoms with E-state index in [1.807, 2.05) is 30.3 Å². The summed E-state index contributed by atoms with van der Waals surface area (Å²) in [7, 11) is 0.